The Labute approximate surface area is 197 Å². The molecule has 1 aromatic heterocycles. The van der Waals surface area contributed by atoms with Crippen molar-refractivity contribution in [3.63, 3.8) is 0 Å². The van der Waals surface area contributed by atoms with Gasteiger partial charge in [-0.05, 0) is 38.1 Å². The summed E-state index contributed by atoms with van der Waals surface area (Å²) in [6.45, 7) is 5.56. The molecule has 1 aliphatic rings. The first kappa shape index (κ1) is 23.1. The number of aromatic nitrogens is 2. The van der Waals surface area contributed by atoms with Gasteiger partial charge in [0.05, 0.1) is 48.9 Å². The summed E-state index contributed by atoms with van der Waals surface area (Å²) in [5.74, 6) is 2.01. The van der Waals surface area contributed by atoms with Crippen LogP contribution in [0.5, 0.6) is 11.5 Å². The molecule has 1 saturated heterocycles. The molecule has 1 N–H and O–H groups in total. The van der Waals surface area contributed by atoms with E-state index in [-0.39, 0.29) is 23.9 Å². The molecule has 9 heteroatoms. The largest absolute Gasteiger partial charge is 0.497 e. The van der Waals surface area contributed by atoms with Crippen LogP contribution in [0.15, 0.2) is 47.5 Å². The van der Waals surface area contributed by atoms with Crippen molar-refractivity contribution in [2.45, 2.75) is 31.1 Å². The van der Waals surface area contributed by atoms with Gasteiger partial charge in [0.25, 0.3) is 0 Å². The van der Waals surface area contributed by atoms with Gasteiger partial charge in [0.1, 0.15) is 16.5 Å². The van der Waals surface area contributed by atoms with Gasteiger partial charge in [0.15, 0.2) is 5.82 Å². The van der Waals surface area contributed by atoms with E-state index in [9.17, 15) is 4.79 Å². The minimum Gasteiger partial charge on any atom is -0.497 e. The molecular formula is C24H28N4O4S. The van der Waals surface area contributed by atoms with Crippen LogP contribution in [0.25, 0.3) is 11.0 Å². The van der Waals surface area contributed by atoms with Crippen LogP contribution in [-0.4, -0.2) is 61.1 Å². The fourth-order valence-corrected chi connectivity index (χ4v) is 4.66. The smallest absolute Gasteiger partial charge is 0.234 e. The maximum atomic E-state index is 12.8. The second-order valence-corrected chi connectivity index (χ2v) is 8.87. The Morgan fingerprint density at radius 1 is 1.09 bits per heavy atom. The molecular weight excluding hydrogens is 440 g/mol. The lowest BCUT2D eigenvalue weighted by Crippen LogP contribution is -2.46. The number of rotatable bonds is 7. The summed E-state index contributed by atoms with van der Waals surface area (Å²) < 4.78 is 16.5. The number of methoxy groups -OCH3 is 2. The molecule has 0 aliphatic carbocycles. The number of carbonyl (C=O) groups is 1. The minimum absolute atomic E-state index is 0.0886. The Hall–Kier alpha value is -3.04. The molecule has 0 bridgehead atoms. The van der Waals surface area contributed by atoms with Crippen LogP contribution in [0.3, 0.4) is 0 Å². The van der Waals surface area contributed by atoms with E-state index in [1.807, 2.05) is 24.3 Å². The Bertz CT molecular complexity index is 1130. The fraction of sp³-hybridized carbons (Fsp3) is 0.375. The first-order valence-corrected chi connectivity index (χ1v) is 11.8. The molecule has 8 nitrogen and oxygen atoms in total. The van der Waals surface area contributed by atoms with Crippen molar-refractivity contribution in [1.82, 2.24) is 9.97 Å². The Balaban J connectivity index is 1.54. The van der Waals surface area contributed by atoms with E-state index in [1.54, 1.807) is 32.4 Å². The molecule has 2 atom stereocenters. The second kappa shape index (κ2) is 10.3. The molecule has 33 heavy (non-hydrogen) atoms. The average molecular weight is 469 g/mol. The van der Waals surface area contributed by atoms with E-state index >= 15 is 0 Å². The van der Waals surface area contributed by atoms with Gasteiger partial charge in [-0.3, -0.25) is 4.79 Å². The highest BCUT2D eigenvalue weighted by molar-refractivity contribution is 8.00. The summed E-state index contributed by atoms with van der Waals surface area (Å²) in [6, 6.07) is 13.0. The molecule has 2 heterocycles. The maximum Gasteiger partial charge on any atom is 0.234 e. The topological polar surface area (TPSA) is 85.8 Å². The summed E-state index contributed by atoms with van der Waals surface area (Å²) >= 11 is 1.37. The lowest BCUT2D eigenvalue weighted by atomic mass is 10.2. The van der Waals surface area contributed by atoms with Crippen LogP contribution >= 0.6 is 11.8 Å². The molecule has 3 aromatic rings. The number of ether oxygens (including phenoxy) is 3. The van der Waals surface area contributed by atoms with Crippen molar-refractivity contribution >= 4 is 40.2 Å². The molecule has 0 spiro atoms. The summed E-state index contributed by atoms with van der Waals surface area (Å²) in [6.07, 6.45) is 0.177. The van der Waals surface area contributed by atoms with Gasteiger partial charge in [-0.2, -0.15) is 0 Å². The van der Waals surface area contributed by atoms with E-state index in [1.165, 1.54) is 11.8 Å². The molecule has 1 fully saturated rings. The summed E-state index contributed by atoms with van der Waals surface area (Å²) in [4.78, 5) is 24.7. The van der Waals surface area contributed by atoms with Crippen molar-refractivity contribution in [3.8, 4) is 11.5 Å². The Morgan fingerprint density at radius 2 is 1.79 bits per heavy atom. The van der Waals surface area contributed by atoms with Crippen LogP contribution in [0.1, 0.15) is 13.8 Å². The van der Waals surface area contributed by atoms with E-state index in [4.69, 9.17) is 24.2 Å². The summed E-state index contributed by atoms with van der Waals surface area (Å²) in [5.41, 5.74) is 2.22. The van der Waals surface area contributed by atoms with E-state index in [2.05, 4.69) is 24.1 Å². The lowest BCUT2D eigenvalue weighted by molar-refractivity contribution is -0.113. The number of benzene rings is 2. The predicted octanol–water partition coefficient (Wildman–Crippen LogP) is 3.99. The number of nitrogens with one attached hydrogen (secondary N) is 1. The molecule has 1 aliphatic heterocycles. The molecule has 1 amide bonds. The van der Waals surface area contributed by atoms with Gasteiger partial charge in [-0.1, -0.05) is 23.9 Å². The fourth-order valence-electron chi connectivity index (χ4n) is 3.85. The van der Waals surface area contributed by atoms with Gasteiger partial charge < -0.3 is 24.4 Å². The highest BCUT2D eigenvalue weighted by atomic mass is 32.2. The highest BCUT2D eigenvalue weighted by Crippen LogP contribution is 2.32. The second-order valence-electron chi connectivity index (χ2n) is 7.91. The van der Waals surface area contributed by atoms with Crippen molar-refractivity contribution in [2.75, 3.05) is 43.3 Å². The standard InChI is InChI=1S/C24H28N4O4S/c1-15-12-28(13-16(2)32-15)23-24(27-19-8-6-5-7-18(19)26-23)33-14-22(29)25-20-10-9-17(30-3)11-21(20)31-4/h5-11,15-16H,12-14H2,1-4H3,(H,25,29)/t15-,16-/m1/s1. The van der Waals surface area contributed by atoms with Crippen molar-refractivity contribution in [1.29, 1.82) is 0 Å². The van der Waals surface area contributed by atoms with Gasteiger partial charge in [-0.15, -0.1) is 0 Å². The maximum absolute atomic E-state index is 12.8. The quantitative estimate of drug-likeness (QED) is 0.521. The molecule has 174 valence electrons. The zero-order chi connectivity index (χ0) is 23.4. The highest BCUT2D eigenvalue weighted by Gasteiger charge is 2.26. The third-order valence-corrected chi connectivity index (χ3v) is 6.22. The number of amides is 1. The number of nitrogens with zero attached hydrogens (tertiary/aromatic N) is 3. The number of anilines is 2. The lowest BCUT2D eigenvalue weighted by Gasteiger charge is -2.36. The van der Waals surface area contributed by atoms with Gasteiger partial charge >= 0.3 is 0 Å². The van der Waals surface area contributed by atoms with Gasteiger partial charge in [0, 0.05) is 19.2 Å². The monoisotopic (exact) mass is 468 g/mol. The van der Waals surface area contributed by atoms with Crippen LogP contribution in [0.2, 0.25) is 0 Å². The zero-order valence-corrected chi connectivity index (χ0v) is 20.0. The third-order valence-electron chi connectivity index (χ3n) is 5.26. The Kier molecular flexibility index (Phi) is 7.20. The first-order valence-electron chi connectivity index (χ1n) is 10.8. The molecule has 0 radical (unpaired) electrons. The normalized spacial score (nSPS) is 18.2. The SMILES string of the molecule is COc1ccc(NC(=O)CSc2nc3ccccc3nc2N2C[C@@H](C)O[C@H](C)C2)c(OC)c1. The number of thioether (sulfide) groups is 1. The van der Waals surface area contributed by atoms with E-state index < -0.39 is 0 Å². The molecule has 0 unspecified atom stereocenters. The van der Waals surface area contributed by atoms with Crippen molar-refractivity contribution < 1.29 is 19.0 Å². The zero-order valence-electron chi connectivity index (χ0n) is 19.2. The van der Waals surface area contributed by atoms with Crippen LogP contribution in [0, 0.1) is 0 Å². The number of para-hydroxylation sites is 2. The number of fused-ring (bicyclic) bond motifs is 1. The number of hydrogen-bond acceptors (Lipinski definition) is 8. The van der Waals surface area contributed by atoms with Crippen molar-refractivity contribution in [2.24, 2.45) is 0 Å². The minimum atomic E-state index is -0.159. The molecule has 0 saturated carbocycles. The number of morpholine rings is 1. The van der Waals surface area contributed by atoms with Crippen molar-refractivity contribution in [3.05, 3.63) is 42.5 Å². The molecule has 4 rings (SSSR count). The summed E-state index contributed by atoms with van der Waals surface area (Å²) in [5, 5.41) is 3.64. The predicted molar refractivity (Wildman–Crippen MR) is 131 cm³/mol. The van der Waals surface area contributed by atoms with Gasteiger partial charge in [-0.25, -0.2) is 9.97 Å². The number of hydrogen-bond donors (Lipinski definition) is 1. The van der Waals surface area contributed by atoms with Crippen LogP contribution in [-0.2, 0) is 9.53 Å². The first-order chi connectivity index (χ1) is 16.0. The molecule has 2 aromatic carbocycles. The van der Waals surface area contributed by atoms with Gasteiger partial charge in [0.2, 0.25) is 5.91 Å². The third kappa shape index (κ3) is 5.48. The number of carbonyl (C=O) groups excluding carboxylic acids is 1. The average Bonchev–Trinajstić information content (AvgIpc) is 2.81. The van der Waals surface area contributed by atoms with Crippen LogP contribution in [0.4, 0.5) is 11.5 Å². The van der Waals surface area contributed by atoms with E-state index in [0.717, 1.165) is 35.0 Å². The Morgan fingerprint density at radius 3 is 2.45 bits per heavy atom. The summed E-state index contributed by atoms with van der Waals surface area (Å²) in [7, 11) is 3.14. The van der Waals surface area contributed by atoms with E-state index in [0.29, 0.717) is 17.2 Å². The van der Waals surface area contributed by atoms with Crippen LogP contribution < -0.4 is 19.7 Å².